The van der Waals surface area contributed by atoms with Gasteiger partial charge in [0.15, 0.2) is 6.61 Å². The van der Waals surface area contributed by atoms with E-state index in [4.69, 9.17) is 16.3 Å². The topological polar surface area (TPSA) is 89.8 Å². The quantitative estimate of drug-likeness (QED) is 0.422. The summed E-state index contributed by atoms with van der Waals surface area (Å²) in [5, 5.41) is 11.6. The van der Waals surface area contributed by atoms with Gasteiger partial charge in [-0.3, -0.25) is 14.9 Å². The molecule has 0 aliphatic heterocycles. The van der Waals surface area contributed by atoms with Crippen LogP contribution in [0.25, 0.3) is 0 Å². The zero-order valence-electron chi connectivity index (χ0n) is 14.0. The minimum atomic E-state index is -0.805. The molecular weight excluding hydrogens is 380 g/mol. The summed E-state index contributed by atoms with van der Waals surface area (Å²) in [4.78, 5) is 36.9. The molecule has 26 heavy (non-hydrogen) atoms. The number of ether oxygens (including phenoxy) is 1. The fourth-order valence-electron chi connectivity index (χ4n) is 1.84. The first kappa shape index (κ1) is 19.7. The maximum atomic E-state index is 12.4. The molecule has 0 aliphatic rings. The normalized spacial score (nSPS) is 10.3. The largest absolute Gasteiger partial charge is 0.452 e. The number of nitrogens with zero attached hydrogens (tertiary/aromatic N) is 2. The standard InChI is InChI=1S/C17H15ClN2O5S/c1-19(2)16(21)10-25-17(22)14-9-12(20(23)24)5-8-15(14)26-13-6-3-11(18)4-7-13/h3-9H,10H2,1-2H3. The van der Waals surface area contributed by atoms with E-state index in [0.717, 1.165) is 11.0 Å². The van der Waals surface area contributed by atoms with E-state index in [-0.39, 0.29) is 11.3 Å². The molecule has 7 nitrogen and oxygen atoms in total. The summed E-state index contributed by atoms with van der Waals surface area (Å²) in [5.74, 6) is -1.20. The number of rotatable bonds is 6. The first-order valence-corrected chi connectivity index (χ1v) is 8.56. The van der Waals surface area contributed by atoms with E-state index in [1.165, 1.54) is 42.9 Å². The summed E-state index contributed by atoms with van der Waals surface area (Å²) in [6.45, 7) is -0.445. The van der Waals surface area contributed by atoms with Crippen molar-refractivity contribution in [3.63, 3.8) is 0 Å². The molecule has 2 aromatic carbocycles. The van der Waals surface area contributed by atoms with Crippen LogP contribution in [0.2, 0.25) is 5.02 Å². The Kier molecular flexibility index (Phi) is 6.59. The van der Waals surface area contributed by atoms with Crippen LogP contribution in [0.15, 0.2) is 52.3 Å². The van der Waals surface area contributed by atoms with Crippen molar-refractivity contribution in [2.75, 3.05) is 20.7 Å². The van der Waals surface area contributed by atoms with Gasteiger partial charge in [-0.15, -0.1) is 0 Å². The molecule has 2 rings (SSSR count). The lowest BCUT2D eigenvalue weighted by atomic mass is 10.2. The molecule has 0 fully saturated rings. The second-order valence-electron chi connectivity index (χ2n) is 5.36. The summed E-state index contributed by atoms with van der Waals surface area (Å²) in [7, 11) is 3.07. The minimum Gasteiger partial charge on any atom is -0.452 e. The molecule has 0 saturated carbocycles. The van der Waals surface area contributed by atoms with Crippen LogP contribution in [0.4, 0.5) is 5.69 Å². The molecule has 0 spiro atoms. The molecule has 2 aromatic rings. The predicted molar refractivity (Wildman–Crippen MR) is 97.6 cm³/mol. The number of carbonyl (C=O) groups excluding carboxylic acids is 2. The van der Waals surface area contributed by atoms with Gasteiger partial charge < -0.3 is 9.64 Å². The van der Waals surface area contributed by atoms with Gasteiger partial charge in [0, 0.05) is 41.0 Å². The molecule has 0 aromatic heterocycles. The van der Waals surface area contributed by atoms with Crippen molar-refractivity contribution in [3.8, 4) is 0 Å². The van der Waals surface area contributed by atoms with Gasteiger partial charge in [-0.25, -0.2) is 4.79 Å². The van der Waals surface area contributed by atoms with E-state index in [1.807, 2.05) is 0 Å². The van der Waals surface area contributed by atoms with Crippen molar-refractivity contribution in [2.24, 2.45) is 0 Å². The monoisotopic (exact) mass is 394 g/mol. The lowest BCUT2D eigenvalue weighted by molar-refractivity contribution is -0.384. The van der Waals surface area contributed by atoms with Crippen LogP contribution in [0.1, 0.15) is 10.4 Å². The Morgan fingerprint density at radius 2 is 1.85 bits per heavy atom. The second-order valence-corrected chi connectivity index (χ2v) is 6.91. The van der Waals surface area contributed by atoms with Crippen molar-refractivity contribution in [1.29, 1.82) is 0 Å². The second kappa shape index (κ2) is 8.68. The highest BCUT2D eigenvalue weighted by Crippen LogP contribution is 2.33. The number of benzene rings is 2. The summed E-state index contributed by atoms with van der Waals surface area (Å²) in [5.41, 5.74) is -0.220. The number of non-ortho nitro benzene ring substituents is 1. The van der Waals surface area contributed by atoms with Gasteiger partial charge >= 0.3 is 5.97 Å². The zero-order valence-corrected chi connectivity index (χ0v) is 15.5. The number of nitro groups is 1. The highest BCUT2D eigenvalue weighted by molar-refractivity contribution is 7.99. The molecule has 0 N–H and O–H groups in total. The zero-order chi connectivity index (χ0) is 19.3. The number of carbonyl (C=O) groups is 2. The van der Waals surface area contributed by atoms with Crippen molar-refractivity contribution in [1.82, 2.24) is 4.90 Å². The third-order valence-corrected chi connectivity index (χ3v) is 4.60. The van der Waals surface area contributed by atoms with E-state index in [2.05, 4.69) is 0 Å². The van der Waals surface area contributed by atoms with Crippen LogP contribution in [0, 0.1) is 10.1 Å². The van der Waals surface area contributed by atoms with Crippen LogP contribution in [-0.2, 0) is 9.53 Å². The molecule has 0 heterocycles. The maximum absolute atomic E-state index is 12.4. The Hall–Kier alpha value is -2.58. The van der Waals surface area contributed by atoms with Crippen LogP contribution in [-0.4, -0.2) is 42.4 Å². The van der Waals surface area contributed by atoms with Crippen LogP contribution in [0.3, 0.4) is 0 Å². The van der Waals surface area contributed by atoms with Gasteiger partial charge in [0.05, 0.1) is 10.5 Å². The van der Waals surface area contributed by atoms with Crippen molar-refractivity contribution < 1.29 is 19.2 Å². The van der Waals surface area contributed by atoms with E-state index in [1.54, 1.807) is 24.3 Å². The van der Waals surface area contributed by atoms with Gasteiger partial charge in [-0.1, -0.05) is 23.4 Å². The number of nitro benzene ring substituents is 1. The van der Waals surface area contributed by atoms with E-state index in [9.17, 15) is 19.7 Å². The third-order valence-electron chi connectivity index (χ3n) is 3.26. The summed E-state index contributed by atoms with van der Waals surface area (Å²) < 4.78 is 5.00. The average Bonchev–Trinajstić information content (AvgIpc) is 2.61. The molecule has 9 heteroatoms. The molecule has 1 amide bonds. The lowest BCUT2D eigenvalue weighted by Gasteiger charge is -2.12. The minimum absolute atomic E-state index is 0.0192. The summed E-state index contributed by atoms with van der Waals surface area (Å²) in [6.07, 6.45) is 0. The summed E-state index contributed by atoms with van der Waals surface area (Å²) in [6, 6.07) is 10.8. The van der Waals surface area contributed by atoms with Gasteiger partial charge in [0.1, 0.15) is 0 Å². The number of halogens is 1. The van der Waals surface area contributed by atoms with E-state index in [0.29, 0.717) is 9.92 Å². The molecule has 0 saturated heterocycles. The van der Waals surface area contributed by atoms with Crippen LogP contribution in [0.5, 0.6) is 0 Å². The smallest absolute Gasteiger partial charge is 0.340 e. The maximum Gasteiger partial charge on any atom is 0.340 e. The van der Waals surface area contributed by atoms with Crippen LogP contribution >= 0.6 is 23.4 Å². The first-order chi connectivity index (χ1) is 12.3. The van der Waals surface area contributed by atoms with Gasteiger partial charge in [-0.2, -0.15) is 0 Å². The predicted octanol–water partition coefficient (Wildman–Crippen LogP) is 3.64. The third kappa shape index (κ3) is 5.21. The number of amides is 1. The first-order valence-electron chi connectivity index (χ1n) is 7.37. The molecule has 0 radical (unpaired) electrons. The van der Waals surface area contributed by atoms with Crippen molar-refractivity contribution in [2.45, 2.75) is 9.79 Å². The number of likely N-dealkylation sites (N-methyl/N-ethyl adjacent to an activating group) is 1. The van der Waals surface area contributed by atoms with Crippen LogP contribution < -0.4 is 0 Å². The van der Waals surface area contributed by atoms with Gasteiger partial charge in [0.25, 0.3) is 11.6 Å². The Balaban J connectivity index is 2.29. The molecule has 136 valence electrons. The molecule has 0 unspecified atom stereocenters. The molecule has 0 aliphatic carbocycles. The fourth-order valence-corrected chi connectivity index (χ4v) is 2.88. The fraction of sp³-hybridized carbons (Fsp3) is 0.176. The van der Waals surface area contributed by atoms with E-state index >= 15 is 0 Å². The number of esters is 1. The lowest BCUT2D eigenvalue weighted by Crippen LogP contribution is -2.27. The highest BCUT2D eigenvalue weighted by atomic mass is 35.5. The van der Waals surface area contributed by atoms with Crippen molar-refractivity contribution in [3.05, 3.63) is 63.2 Å². The number of hydrogen-bond acceptors (Lipinski definition) is 6. The Morgan fingerprint density at radius 3 is 2.42 bits per heavy atom. The molecular formula is C17H15ClN2O5S. The van der Waals surface area contributed by atoms with Gasteiger partial charge in [-0.05, 0) is 30.3 Å². The Bertz CT molecular complexity index is 840. The Labute approximate surface area is 159 Å². The molecule has 0 atom stereocenters. The SMILES string of the molecule is CN(C)C(=O)COC(=O)c1cc([N+](=O)[O-])ccc1Sc1ccc(Cl)cc1. The highest BCUT2D eigenvalue weighted by Gasteiger charge is 2.20. The Morgan fingerprint density at radius 1 is 1.19 bits per heavy atom. The number of hydrogen-bond donors (Lipinski definition) is 0. The summed E-state index contributed by atoms with van der Waals surface area (Å²) >= 11 is 7.09. The average molecular weight is 395 g/mol. The van der Waals surface area contributed by atoms with E-state index < -0.39 is 23.4 Å². The van der Waals surface area contributed by atoms with Gasteiger partial charge in [0.2, 0.25) is 0 Å². The molecule has 0 bridgehead atoms. The van der Waals surface area contributed by atoms with Crippen molar-refractivity contribution >= 4 is 40.9 Å².